The van der Waals surface area contributed by atoms with E-state index in [0.29, 0.717) is 0 Å². The maximum Gasteiger partial charge on any atom is 0.228 e. The minimum Gasteiger partial charge on any atom is -0.369 e. The zero-order chi connectivity index (χ0) is 12.3. The molecule has 0 bridgehead atoms. The van der Waals surface area contributed by atoms with Crippen molar-refractivity contribution in [3.05, 3.63) is 18.0 Å². The van der Waals surface area contributed by atoms with Crippen LogP contribution in [0.4, 0.5) is 0 Å². The number of nitrogens with two attached hydrogens (primary N) is 1. The van der Waals surface area contributed by atoms with Crippen molar-refractivity contribution in [2.75, 3.05) is 0 Å². The van der Waals surface area contributed by atoms with E-state index in [4.69, 9.17) is 5.73 Å². The van der Waals surface area contributed by atoms with Gasteiger partial charge in [0, 0.05) is 18.7 Å². The molecule has 5 nitrogen and oxygen atoms in total. The molecular weight excluding hydrogens is 206 g/mol. The number of amides is 1. The highest BCUT2D eigenvalue weighted by Crippen LogP contribution is 2.24. The van der Waals surface area contributed by atoms with Crippen LogP contribution in [0.25, 0.3) is 0 Å². The number of nitrogens with zero attached hydrogens (tertiary/aromatic N) is 2. The molecule has 0 fully saturated rings. The fourth-order valence-corrected chi connectivity index (χ4v) is 1.78. The van der Waals surface area contributed by atoms with Crippen molar-refractivity contribution < 1.29 is 9.59 Å². The van der Waals surface area contributed by atoms with E-state index < -0.39 is 11.8 Å². The number of aromatic nitrogens is 2. The molecule has 2 unspecified atom stereocenters. The van der Waals surface area contributed by atoms with Crippen molar-refractivity contribution in [2.24, 2.45) is 11.7 Å². The number of aryl methyl sites for hydroxylation is 1. The summed E-state index contributed by atoms with van der Waals surface area (Å²) in [6.07, 6.45) is 3.51. The Balaban J connectivity index is 2.94. The molecular formula is C11H17N3O2. The van der Waals surface area contributed by atoms with Crippen molar-refractivity contribution in [2.45, 2.75) is 33.2 Å². The van der Waals surface area contributed by atoms with Crippen molar-refractivity contribution in [3.8, 4) is 0 Å². The van der Waals surface area contributed by atoms with E-state index >= 15 is 0 Å². The molecule has 1 heterocycles. The molecule has 0 aromatic carbocycles. The van der Waals surface area contributed by atoms with E-state index in [9.17, 15) is 9.59 Å². The fraction of sp³-hybridized carbons (Fsp3) is 0.545. The van der Waals surface area contributed by atoms with Crippen LogP contribution in [0.1, 0.15) is 32.3 Å². The first-order valence-electron chi connectivity index (χ1n) is 5.29. The fourth-order valence-electron chi connectivity index (χ4n) is 1.78. The number of ketones is 1. The van der Waals surface area contributed by atoms with E-state index in [1.54, 1.807) is 10.9 Å². The molecule has 0 aliphatic rings. The summed E-state index contributed by atoms with van der Waals surface area (Å²) in [5.41, 5.74) is 6.09. The second-order valence-electron chi connectivity index (χ2n) is 3.91. The standard InChI is InChI=1S/C11H17N3O2/c1-4-14-6-9(5-13-14)7(2)10(8(3)15)11(12)16/h5-7,10H,4H2,1-3H3,(H2,12,16). The normalized spacial score (nSPS) is 14.4. The lowest BCUT2D eigenvalue weighted by atomic mass is 9.86. The Hall–Kier alpha value is -1.65. The highest BCUT2D eigenvalue weighted by atomic mass is 16.2. The van der Waals surface area contributed by atoms with E-state index in [2.05, 4.69) is 5.10 Å². The van der Waals surface area contributed by atoms with E-state index in [0.717, 1.165) is 12.1 Å². The number of carbonyl (C=O) groups is 2. The Morgan fingerprint density at radius 2 is 2.19 bits per heavy atom. The lowest BCUT2D eigenvalue weighted by Gasteiger charge is -2.16. The molecule has 88 valence electrons. The Kier molecular flexibility index (Phi) is 3.82. The topological polar surface area (TPSA) is 78.0 Å². The molecule has 2 atom stereocenters. The summed E-state index contributed by atoms with van der Waals surface area (Å²) in [5.74, 6) is -1.78. The van der Waals surface area contributed by atoms with Crippen LogP contribution in [0.3, 0.4) is 0 Å². The van der Waals surface area contributed by atoms with Gasteiger partial charge < -0.3 is 5.73 Å². The van der Waals surface area contributed by atoms with Gasteiger partial charge in [0.15, 0.2) is 0 Å². The van der Waals surface area contributed by atoms with E-state index in [1.165, 1.54) is 6.92 Å². The van der Waals surface area contributed by atoms with E-state index in [-0.39, 0.29) is 11.7 Å². The third-order valence-corrected chi connectivity index (χ3v) is 2.75. The van der Waals surface area contributed by atoms with Crippen LogP contribution >= 0.6 is 0 Å². The molecule has 0 saturated carbocycles. The molecule has 0 spiro atoms. The van der Waals surface area contributed by atoms with Gasteiger partial charge in [-0.25, -0.2) is 0 Å². The number of rotatable bonds is 5. The van der Waals surface area contributed by atoms with Gasteiger partial charge in [0.05, 0.1) is 6.20 Å². The van der Waals surface area contributed by atoms with Gasteiger partial charge in [-0.3, -0.25) is 14.3 Å². The zero-order valence-corrected chi connectivity index (χ0v) is 9.80. The smallest absolute Gasteiger partial charge is 0.228 e. The van der Waals surface area contributed by atoms with Gasteiger partial charge >= 0.3 is 0 Å². The second-order valence-corrected chi connectivity index (χ2v) is 3.91. The Labute approximate surface area is 94.6 Å². The highest BCUT2D eigenvalue weighted by Gasteiger charge is 2.29. The maximum atomic E-state index is 11.3. The average molecular weight is 223 g/mol. The summed E-state index contributed by atoms with van der Waals surface area (Å²) in [6, 6.07) is 0. The SMILES string of the molecule is CCn1cc(C(C)C(C(C)=O)C(N)=O)cn1. The predicted octanol–water partition coefficient (Wildman–Crippen LogP) is 0.697. The monoisotopic (exact) mass is 223 g/mol. The molecule has 1 aromatic rings. The molecule has 1 aromatic heterocycles. The zero-order valence-electron chi connectivity index (χ0n) is 9.80. The minimum absolute atomic E-state index is 0.204. The Morgan fingerprint density at radius 1 is 1.56 bits per heavy atom. The third kappa shape index (κ3) is 2.48. The summed E-state index contributed by atoms with van der Waals surface area (Å²) < 4.78 is 1.75. The molecule has 1 rings (SSSR count). The van der Waals surface area contributed by atoms with Crippen LogP contribution < -0.4 is 5.73 Å². The second kappa shape index (κ2) is 4.92. The summed E-state index contributed by atoms with van der Waals surface area (Å²) in [5, 5.41) is 4.11. The number of carbonyl (C=O) groups excluding carboxylic acids is 2. The Bertz CT molecular complexity index is 384. The number of hydrogen-bond donors (Lipinski definition) is 1. The van der Waals surface area contributed by atoms with E-state index in [1.807, 2.05) is 20.0 Å². The molecule has 0 aliphatic carbocycles. The molecule has 5 heteroatoms. The van der Waals surface area contributed by atoms with Gasteiger partial charge in [-0.05, 0) is 19.4 Å². The van der Waals surface area contributed by atoms with Gasteiger partial charge in [0.1, 0.15) is 11.7 Å². The predicted molar refractivity (Wildman–Crippen MR) is 59.7 cm³/mol. The number of primary amides is 1. The van der Waals surface area contributed by atoms with Gasteiger partial charge in [0.2, 0.25) is 5.91 Å². The summed E-state index contributed by atoms with van der Waals surface area (Å²) in [6.45, 7) is 5.93. The Morgan fingerprint density at radius 3 is 2.56 bits per heavy atom. The summed E-state index contributed by atoms with van der Waals surface area (Å²) in [4.78, 5) is 22.6. The molecule has 0 aliphatic heterocycles. The van der Waals surface area contributed by atoms with Crippen LogP contribution in [0.2, 0.25) is 0 Å². The lowest BCUT2D eigenvalue weighted by Crippen LogP contribution is -2.32. The highest BCUT2D eigenvalue weighted by molar-refractivity contribution is 6.00. The molecule has 16 heavy (non-hydrogen) atoms. The van der Waals surface area contributed by atoms with Crippen LogP contribution in [-0.2, 0) is 16.1 Å². The van der Waals surface area contributed by atoms with Crippen LogP contribution in [0.15, 0.2) is 12.4 Å². The molecule has 0 radical (unpaired) electrons. The number of Topliss-reactive ketones (excluding diaryl/α,β-unsaturated/α-hetero) is 1. The number of hydrogen-bond acceptors (Lipinski definition) is 3. The first-order valence-corrected chi connectivity index (χ1v) is 5.29. The summed E-state index contributed by atoms with van der Waals surface area (Å²) in [7, 11) is 0. The molecule has 2 N–H and O–H groups in total. The minimum atomic E-state index is -0.769. The summed E-state index contributed by atoms with van der Waals surface area (Å²) >= 11 is 0. The van der Waals surface area contributed by atoms with Crippen molar-refractivity contribution >= 4 is 11.7 Å². The first kappa shape index (κ1) is 12.4. The molecule has 1 amide bonds. The first-order chi connectivity index (χ1) is 7.47. The van der Waals surface area contributed by atoms with Crippen LogP contribution in [0, 0.1) is 5.92 Å². The quantitative estimate of drug-likeness (QED) is 0.746. The van der Waals surface area contributed by atoms with Crippen molar-refractivity contribution in [3.63, 3.8) is 0 Å². The van der Waals surface area contributed by atoms with Crippen molar-refractivity contribution in [1.29, 1.82) is 0 Å². The average Bonchev–Trinajstić information content (AvgIpc) is 2.64. The van der Waals surface area contributed by atoms with Gasteiger partial charge in [-0.2, -0.15) is 5.10 Å². The largest absolute Gasteiger partial charge is 0.369 e. The van der Waals surface area contributed by atoms with Gasteiger partial charge in [-0.15, -0.1) is 0 Å². The van der Waals surface area contributed by atoms with Crippen molar-refractivity contribution in [1.82, 2.24) is 9.78 Å². The van der Waals surface area contributed by atoms with Gasteiger partial charge in [-0.1, -0.05) is 6.92 Å². The maximum absolute atomic E-state index is 11.3. The molecule has 0 saturated heterocycles. The third-order valence-electron chi connectivity index (χ3n) is 2.75. The van der Waals surface area contributed by atoms with Gasteiger partial charge in [0.25, 0.3) is 0 Å². The lowest BCUT2D eigenvalue weighted by molar-refractivity contribution is -0.131. The van der Waals surface area contributed by atoms with Crippen LogP contribution in [-0.4, -0.2) is 21.5 Å². The van der Waals surface area contributed by atoms with Crippen LogP contribution in [0.5, 0.6) is 0 Å².